The summed E-state index contributed by atoms with van der Waals surface area (Å²) in [6.07, 6.45) is 1.70. The van der Waals surface area contributed by atoms with Crippen LogP contribution in [0.1, 0.15) is 40.5 Å². The van der Waals surface area contributed by atoms with Gasteiger partial charge in [-0.05, 0) is 11.8 Å². The van der Waals surface area contributed by atoms with Crippen LogP contribution in [-0.2, 0) is 0 Å². The summed E-state index contributed by atoms with van der Waals surface area (Å²) in [5, 5.41) is 0. The van der Waals surface area contributed by atoms with Crippen LogP contribution in [-0.4, -0.2) is 24.8 Å². The molecule has 0 fully saturated rings. The van der Waals surface area contributed by atoms with E-state index >= 15 is 0 Å². The van der Waals surface area contributed by atoms with Crippen molar-refractivity contribution >= 4 is 11.7 Å². The van der Waals surface area contributed by atoms with E-state index in [2.05, 4.69) is 37.7 Å². The van der Waals surface area contributed by atoms with Crippen molar-refractivity contribution in [1.29, 1.82) is 0 Å². The largest absolute Gasteiger partial charge is 0.387 e. The fraction of sp³-hybridized carbons (Fsp3) is 0.833. The predicted octanol–water partition coefficient (Wildman–Crippen LogP) is 1.79. The molecule has 0 spiro atoms. The third-order valence-corrected chi connectivity index (χ3v) is 1.96. The van der Waals surface area contributed by atoms with Crippen molar-refractivity contribution in [3.05, 3.63) is 0 Å². The number of hydrogen-bond acceptors (Lipinski definition) is 2. The van der Waals surface area contributed by atoms with Crippen molar-refractivity contribution in [2.45, 2.75) is 40.5 Å². The first-order chi connectivity index (χ1) is 7.41. The van der Waals surface area contributed by atoms with Gasteiger partial charge in [0.05, 0.1) is 24.8 Å². The monoisotopic (exact) mass is 226 g/mol. The maximum Gasteiger partial charge on any atom is 0.0940 e. The second-order valence-electron chi connectivity index (χ2n) is 4.94. The lowest BCUT2D eigenvalue weighted by molar-refractivity contribution is 0.676. The highest BCUT2D eigenvalue weighted by atomic mass is 14.9. The number of rotatable bonds is 7. The summed E-state index contributed by atoms with van der Waals surface area (Å²) in [6.45, 7) is 9.78. The molecule has 0 amide bonds. The quantitative estimate of drug-likeness (QED) is 0.394. The minimum absolute atomic E-state index is 0.554. The van der Waals surface area contributed by atoms with Gasteiger partial charge < -0.3 is 11.5 Å². The molecule has 0 atom stereocenters. The second-order valence-corrected chi connectivity index (χ2v) is 4.94. The van der Waals surface area contributed by atoms with Crippen LogP contribution >= 0.6 is 0 Å². The first kappa shape index (κ1) is 14.9. The molecule has 4 heteroatoms. The number of aliphatic imine (C=N–C) groups is 2. The van der Waals surface area contributed by atoms with Crippen LogP contribution in [0.15, 0.2) is 9.98 Å². The maximum absolute atomic E-state index is 5.74. The molecule has 0 aromatic heterocycles. The van der Waals surface area contributed by atoms with Gasteiger partial charge in [-0.25, -0.2) is 0 Å². The fourth-order valence-electron chi connectivity index (χ4n) is 1.35. The van der Waals surface area contributed by atoms with Crippen molar-refractivity contribution in [3.63, 3.8) is 0 Å². The average molecular weight is 226 g/mol. The van der Waals surface area contributed by atoms with Gasteiger partial charge in [-0.15, -0.1) is 0 Å². The van der Waals surface area contributed by atoms with Gasteiger partial charge >= 0.3 is 0 Å². The van der Waals surface area contributed by atoms with Crippen LogP contribution in [0.5, 0.6) is 0 Å². The lowest BCUT2D eigenvalue weighted by Crippen LogP contribution is -2.17. The summed E-state index contributed by atoms with van der Waals surface area (Å²) in [5.41, 5.74) is 11.5. The normalized spacial score (nSPS) is 13.9. The standard InChI is InChI=1S/C12H26N4/c1-9(2)7-11(13)15-5-6-16-12(14)8-10(3)4/h9-10H,5-8H2,1-4H3,(H2,13,15)(H2,14,16). The highest BCUT2D eigenvalue weighted by Crippen LogP contribution is 1.99. The van der Waals surface area contributed by atoms with Crippen LogP contribution < -0.4 is 11.5 Å². The van der Waals surface area contributed by atoms with E-state index in [1.54, 1.807) is 0 Å². The van der Waals surface area contributed by atoms with Crippen molar-refractivity contribution in [2.75, 3.05) is 13.1 Å². The molecule has 0 aliphatic heterocycles. The molecule has 0 aromatic carbocycles. The number of amidine groups is 2. The Hall–Kier alpha value is -1.06. The second kappa shape index (κ2) is 8.13. The zero-order chi connectivity index (χ0) is 12.6. The molecule has 0 aliphatic carbocycles. The van der Waals surface area contributed by atoms with Crippen LogP contribution in [0.2, 0.25) is 0 Å². The molecule has 0 radical (unpaired) electrons. The smallest absolute Gasteiger partial charge is 0.0940 e. The van der Waals surface area contributed by atoms with E-state index in [4.69, 9.17) is 11.5 Å². The molecule has 0 unspecified atom stereocenters. The first-order valence-electron chi connectivity index (χ1n) is 5.99. The molecule has 0 saturated heterocycles. The van der Waals surface area contributed by atoms with Crippen LogP contribution in [0.3, 0.4) is 0 Å². The Labute approximate surface area is 99.2 Å². The van der Waals surface area contributed by atoms with Gasteiger partial charge in [-0.1, -0.05) is 27.7 Å². The molecule has 0 heterocycles. The molecule has 16 heavy (non-hydrogen) atoms. The molecule has 0 rings (SSSR count). The summed E-state index contributed by atoms with van der Waals surface area (Å²) in [7, 11) is 0. The Morgan fingerprint density at radius 2 is 1.12 bits per heavy atom. The van der Waals surface area contributed by atoms with Crippen LogP contribution in [0.4, 0.5) is 0 Å². The first-order valence-corrected chi connectivity index (χ1v) is 5.99. The van der Waals surface area contributed by atoms with Crippen molar-refractivity contribution < 1.29 is 0 Å². The van der Waals surface area contributed by atoms with Gasteiger partial charge in [0.2, 0.25) is 0 Å². The molecule has 0 aromatic rings. The third kappa shape index (κ3) is 9.49. The minimum Gasteiger partial charge on any atom is -0.387 e. The van der Waals surface area contributed by atoms with E-state index in [9.17, 15) is 0 Å². The maximum atomic E-state index is 5.74. The highest BCUT2D eigenvalue weighted by Gasteiger charge is 1.98. The van der Waals surface area contributed by atoms with Gasteiger partial charge in [-0.3, -0.25) is 9.98 Å². The SMILES string of the molecule is CC(C)CC(N)=NCCN=C(N)CC(C)C. The van der Waals surface area contributed by atoms with E-state index < -0.39 is 0 Å². The molecule has 4 N–H and O–H groups in total. The van der Waals surface area contributed by atoms with E-state index in [0.29, 0.717) is 36.6 Å². The van der Waals surface area contributed by atoms with Gasteiger partial charge in [0.1, 0.15) is 0 Å². The molecule has 4 nitrogen and oxygen atoms in total. The number of nitrogens with zero attached hydrogens (tertiary/aromatic N) is 2. The van der Waals surface area contributed by atoms with Gasteiger partial charge in [0.25, 0.3) is 0 Å². The summed E-state index contributed by atoms with van der Waals surface area (Å²) < 4.78 is 0. The Bertz CT molecular complexity index is 215. The van der Waals surface area contributed by atoms with Gasteiger partial charge in [0.15, 0.2) is 0 Å². The Morgan fingerprint density at radius 1 is 0.812 bits per heavy atom. The fourth-order valence-corrected chi connectivity index (χ4v) is 1.35. The molecule has 94 valence electrons. The number of hydrogen-bond donors (Lipinski definition) is 2. The lowest BCUT2D eigenvalue weighted by Gasteiger charge is -2.04. The molecular formula is C12H26N4. The molecule has 0 saturated carbocycles. The predicted molar refractivity (Wildman–Crippen MR) is 71.9 cm³/mol. The Morgan fingerprint density at radius 3 is 1.38 bits per heavy atom. The van der Waals surface area contributed by atoms with Crippen LogP contribution in [0.25, 0.3) is 0 Å². The van der Waals surface area contributed by atoms with Crippen molar-refractivity contribution in [1.82, 2.24) is 0 Å². The Balaban J connectivity index is 3.81. The molecule has 0 bridgehead atoms. The number of nitrogens with two attached hydrogens (primary N) is 2. The van der Waals surface area contributed by atoms with Gasteiger partial charge in [-0.2, -0.15) is 0 Å². The topological polar surface area (TPSA) is 76.8 Å². The highest BCUT2D eigenvalue weighted by molar-refractivity contribution is 5.81. The van der Waals surface area contributed by atoms with E-state index in [1.165, 1.54) is 0 Å². The van der Waals surface area contributed by atoms with E-state index in [1.807, 2.05) is 0 Å². The van der Waals surface area contributed by atoms with Crippen molar-refractivity contribution in [3.8, 4) is 0 Å². The van der Waals surface area contributed by atoms with Crippen LogP contribution in [0, 0.1) is 11.8 Å². The van der Waals surface area contributed by atoms with E-state index in [0.717, 1.165) is 12.8 Å². The lowest BCUT2D eigenvalue weighted by atomic mass is 10.1. The summed E-state index contributed by atoms with van der Waals surface area (Å²) in [6, 6.07) is 0. The summed E-state index contributed by atoms with van der Waals surface area (Å²) in [4.78, 5) is 8.49. The van der Waals surface area contributed by atoms with E-state index in [-0.39, 0.29) is 0 Å². The average Bonchev–Trinajstić information content (AvgIpc) is 2.10. The zero-order valence-electron chi connectivity index (χ0n) is 11.0. The Kier molecular flexibility index (Phi) is 7.60. The third-order valence-electron chi connectivity index (χ3n) is 1.96. The summed E-state index contributed by atoms with van der Waals surface area (Å²) in [5.74, 6) is 2.54. The molecular weight excluding hydrogens is 200 g/mol. The molecule has 0 aliphatic rings. The summed E-state index contributed by atoms with van der Waals surface area (Å²) >= 11 is 0. The zero-order valence-corrected chi connectivity index (χ0v) is 11.0. The van der Waals surface area contributed by atoms with Gasteiger partial charge in [0, 0.05) is 12.8 Å². The van der Waals surface area contributed by atoms with Crippen molar-refractivity contribution in [2.24, 2.45) is 33.3 Å². The minimum atomic E-state index is 0.554.